The normalized spacial score (nSPS) is 17.5. The SMILES string of the molecule is Brc1cc2c(s1)-c1sccc1[Si]21CCC1.Brc1ccsc1-c1sccc1Br.CN(C)c1cc2c(s1)-c1sc(C=O)cc1[Si]21CCC1.[C-]#[N+]/C(C#N)=C\c1cc2c(s1)-c1sc(N(C)C)cc1[Si]21CCC1.c1cc2c(s1)-c1sccc1[Si]21CCC1. The number of allylic oxidation sites excluding steroid dienone is 1. The molecule has 0 saturated carbocycles. The zero-order valence-electron chi connectivity index (χ0n) is 45.7. The Hall–Kier alpha value is -2.70. The molecule has 4 fully saturated rings. The molecular formula is C61H53Br3N4OS10Si4. The van der Waals surface area contributed by atoms with E-state index in [0.29, 0.717) is 0 Å². The van der Waals surface area contributed by atoms with Gasteiger partial charge in [0.2, 0.25) is 0 Å². The third kappa shape index (κ3) is 9.33. The largest absolute Gasteiger partial charge is 0.370 e. The van der Waals surface area contributed by atoms with Gasteiger partial charge < -0.3 is 9.80 Å². The number of hydrogen-bond acceptors (Lipinski definition) is 14. The molecule has 4 saturated heterocycles. The molecule has 0 unspecified atom stereocenters. The number of carbonyl (C=O) groups is 1. The number of carbonyl (C=O) groups excluding carboxylic acids is 1. The maximum absolute atomic E-state index is 11.1. The van der Waals surface area contributed by atoms with E-state index >= 15 is 0 Å². The van der Waals surface area contributed by atoms with Crippen LogP contribution in [0.4, 0.5) is 10.0 Å². The van der Waals surface area contributed by atoms with Crippen molar-refractivity contribution in [1.29, 1.82) is 5.26 Å². The zero-order chi connectivity index (χ0) is 57.2. The summed E-state index contributed by atoms with van der Waals surface area (Å²) in [5.41, 5.74) is 0.176. The van der Waals surface area contributed by atoms with Gasteiger partial charge in [0.05, 0.1) is 41.1 Å². The van der Waals surface area contributed by atoms with Gasteiger partial charge in [-0.2, -0.15) is 0 Å². The van der Waals surface area contributed by atoms with Gasteiger partial charge in [-0.1, -0.05) is 43.9 Å². The number of nitrogens with zero attached hydrogens (tertiary/aromatic N) is 4. The van der Waals surface area contributed by atoms with Gasteiger partial charge in [0.1, 0.15) is 32.3 Å². The van der Waals surface area contributed by atoms with Gasteiger partial charge >= 0.3 is 0 Å². The molecule has 22 heteroatoms. The van der Waals surface area contributed by atoms with Crippen LogP contribution in [0.15, 0.2) is 106 Å². The van der Waals surface area contributed by atoms with Crippen LogP contribution in [0, 0.1) is 17.9 Å². The lowest BCUT2D eigenvalue weighted by atomic mass is 10.3. The van der Waals surface area contributed by atoms with Crippen molar-refractivity contribution in [2.24, 2.45) is 0 Å². The molecule has 0 bridgehead atoms. The smallest absolute Gasteiger partial charge is 0.263 e. The molecular weight excluding hydrogens is 1480 g/mol. The van der Waals surface area contributed by atoms with E-state index in [9.17, 15) is 4.79 Å². The van der Waals surface area contributed by atoms with E-state index in [-0.39, 0.29) is 5.70 Å². The number of nitriles is 1. The molecule has 5 nitrogen and oxygen atoms in total. The second kappa shape index (κ2) is 22.7. The summed E-state index contributed by atoms with van der Waals surface area (Å²) in [6.07, 6.45) is 8.39. The summed E-state index contributed by atoms with van der Waals surface area (Å²) in [7, 11) is 3.29. The Morgan fingerprint density at radius 3 is 1.22 bits per heavy atom. The topological polar surface area (TPSA) is 51.7 Å². The predicted octanol–water partition coefficient (Wildman–Crippen LogP) is 17.5. The van der Waals surface area contributed by atoms with Crippen LogP contribution in [0.5, 0.6) is 0 Å². The highest BCUT2D eigenvalue weighted by molar-refractivity contribution is 9.11. The van der Waals surface area contributed by atoms with Crippen LogP contribution in [0.25, 0.3) is 59.7 Å². The van der Waals surface area contributed by atoms with Crippen LogP contribution in [0.3, 0.4) is 0 Å². The highest BCUT2D eigenvalue weighted by atomic mass is 79.9. The minimum atomic E-state index is -1.49. The number of halogens is 3. The molecule has 4 spiro atoms. The number of rotatable bonds is 5. The zero-order valence-corrected chi connectivity index (χ0v) is 62.6. The Labute approximate surface area is 554 Å². The van der Waals surface area contributed by atoms with Crippen molar-refractivity contribution >= 4 is 257 Å². The third-order valence-corrected chi connectivity index (χ3v) is 54.6. The quantitative estimate of drug-likeness (QED) is 0.0746. The molecule has 10 aromatic heterocycles. The summed E-state index contributed by atoms with van der Waals surface area (Å²) < 4.78 is 3.68. The molecule has 18 rings (SSSR count). The first-order valence-corrected chi connectivity index (χ1v) is 48.2. The van der Waals surface area contributed by atoms with Gasteiger partial charge in [0, 0.05) is 81.0 Å². The maximum Gasteiger partial charge on any atom is 0.263 e. The molecule has 8 aliphatic heterocycles. The minimum Gasteiger partial charge on any atom is -0.370 e. The summed E-state index contributed by atoms with van der Waals surface area (Å²) in [6.45, 7) is 7.07. The van der Waals surface area contributed by atoms with Crippen molar-refractivity contribution in [1.82, 2.24) is 0 Å². The molecule has 0 amide bonds. The van der Waals surface area contributed by atoms with Crippen LogP contribution in [-0.4, -0.2) is 66.8 Å². The molecule has 0 aromatic carbocycles. The van der Waals surface area contributed by atoms with E-state index in [2.05, 4.69) is 178 Å². The van der Waals surface area contributed by atoms with Crippen molar-refractivity contribution in [3.05, 3.63) is 127 Å². The Morgan fingerprint density at radius 2 is 0.831 bits per heavy atom. The van der Waals surface area contributed by atoms with Crippen LogP contribution in [-0.2, 0) is 0 Å². The predicted molar refractivity (Wildman–Crippen MR) is 393 cm³/mol. The lowest BCUT2D eigenvalue weighted by molar-refractivity contribution is 0.112. The van der Waals surface area contributed by atoms with E-state index < -0.39 is 32.3 Å². The van der Waals surface area contributed by atoms with Crippen molar-refractivity contribution in [3.63, 3.8) is 0 Å². The van der Waals surface area contributed by atoms with Crippen molar-refractivity contribution < 1.29 is 4.79 Å². The number of aldehydes is 1. The summed E-state index contributed by atoms with van der Waals surface area (Å²) in [6, 6.07) is 36.6. The minimum absolute atomic E-state index is 0.176. The molecule has 18 heterocycles. The van der Waals surface area contributed by atoms with Gasteiger partial charge in [-0.25, -0.2) is 10.1 Å². The second-order valence-electron chi connectivity index (χ2n) is 22.8. The van der Waals surface area contributed by atoms with E-state index in [0.717, 1.165) is 16.0 Å². The summed E-state index contributed by atoms with van der Waals surface area (Å²) in [4.78, 5) is 35.6. The average molecular weight is 1530 g/mol. The first-order chi connectivity index (χ1) is 40.3. The van der Waals surface area contributed by atoms with Gasteiger partial charge in [-0.3, -0.25) is 4.79 Å². The van der Waals surface area contributed by atoms with E-state index in [1.807, 2.05) is 74.1 Å². The summed E-state index contributed by atoms with van der Waals surface area (Å²) in [5.74, 6) is 0. The standard InChI is InChI=1S/C17H15N3S2Si.C14H15NOS2Si.C11H9BrS2Si.C11H10S2Si.C8H4Br2S2/c1-19-11(10-18)7-12-8-13-16(21-12)17-14(23(13)5-4-6-23)9-15(22-17)20(2)3;1-15(2)12-7-11-14(18-12)13-10(6-9(8-16)17-13)19(11)4-3-5-19;12-9-6-8-11(14-9)10-7(2-3-13-10)15(8)4-1-5-15;1-6-14(7-1)8-2-4-12-10(8)11-9(14)3-5-13-11;9-5-1-3-11-7(5)8-6(10)2-4-12-8/h7-9H,4-6H2,2-3H3;6-8H,3-5H2,1-2H3;2-3,6H,1,4-5H2;2-5H,1,6-7H2;1-4H/b11-7-;;;;. The van der Waals surface area contributed by atoms with Gasteiger partial charge in [-0.15, -0.1) is 113 Å². The number of hydrogen-bond donors (Lipinski definition) is 0. The molecule has 0 N–H and O–H groups in total. The molecule has 10 aromatic rings. The van der Waals surface area contributed by atoms with Crippen LogP contribution >= 0.6 is 161 Å². The number of anilines is 2. The monoisotopic (exact) mass is 1530 g/mol. The van der Waals surface area contributed by atoms with E-state index in [1.165, 1.54) is 126 Å². The average Bonchev–Trinajstić information content (AvgIpc) is 1.88. The lowest BCUT2D eigenvalue weighted by Crippen LogP contribution is -2.59. The van der Waals surface area contributed by atoms with Crippen LogP contribution < -0.4 is 51.3 Å². The Kier molecular flexibility index (Phi) is 15.9. The van der Waals surface area contributed by atoms with Crippen LogP contribution in [0.2, 0.25) is 48.4 Å². The molecule has 420 valence electrons. The first kappa shape index (κ1) is 58.0. The second-order valence-corrected chi connectivity index (χ2v) is 52.7. The van der Waals surface area contributed by atoms with Gasteiger partial charge in [0.15, 0.2) is 6.29 Å². The molecule has 83 heavy (non-hydrogen) atoms. The highest BCUT2D eigenvalue weighted by Crippen LogP contribution is 2.51. The molecule has 0 aliphatic carbocycles. The van der Waals surface area contributed by atoms with Crippen LogP contribution in [0.1, 0.15) is 40.2 Å². The van der Waals surface area contributed by atoms with Gasteiger partial charge in [-0.05, 0) is 213 Å². The highest BCUT2D eigenvalue weighted by Gasteiger charge is 2.55. The fraction of sp³-hybridized carbons (Fsp3) is 0.262. The molecule has 0 atom stereocenters. The molecule has 8 aliphatic rings. The third-order valence-electron chi connectivity index (χ3n) is 18.4. The van der Waals surface area contributed by atoms with Crippen molar-refractivity contribution in [2.45, 2.75) is 74.0 Å². The van der Waals surface area contributed by atoms with Crippen molar-refractivity contribution in [3.8, 4) is 54.8 Å². The summed E-state index contributed by atoms with van der Waals surface area (Å²) in [5, 5.41) is 36.2. The first-order valence-electron chi connectivity index (χ1n) is 27.6. The number of fused-ring (bicyclic) bond motifs is 20. The Bertz CT molecular complexity index is 4200. The van der Waals surface area contributed by atoms with Gasteiger partial charge in [0.25, 0.3) is 5.70 Å². The fourth-order valence-corrected chi connectivity index (χ4v) is 51.1. The fourth-order valence-electron chi connectivity index (χ4n) is 13.7. The lowest BCUT2D eigenvalue weighted by Gasteiger charge is -2.37. The van der Waals surface area contributed by atoms with E-state index in [4.69, 9.17) is 11.8 Å². The van der Waals surface area contributed by atoms with Crippen molar-refractivity contribution in [2.75, 3.05) is 38.0 Å². The summed E-state index contributed by atoms with van der Waals surface area (Å²) >= 11 is 29.2. The van der Waals surface area contributed by atoms with E-state index in [1.54, 1.807) is 112 Å². The number of thiophene rings is 10. The Balaban J connectivity index is 0.0000000942. The maximum atomic E-state index is 11.1. The Morgan fingerprint density at radius 1 is 0.482 bits per heavy atom. The molecule has 0 radical (unpaired) electrons.